The number of benzene rings is 1. The lowest BCUT2D eigenvalue weighted by Crippen LogP contribution is -1.95. The number of aromatic nitrogens is 3. The second-order valence-corrected chi connectivity index (χ2v) is 8.07. The van der Waals surface area contributed by atoms with Gasteiger partial charge in [0.15, 0.2) is 0 Å². The zero-order chi connectivity index (χ0) is 19.3. The Balaban J connectivity index is 1.55. The maximum absolute atomic E-state index is 7.54. The van der Waals surface area contributed by atoms with E-state index >= 15 is 0 Å². The molecule has 1 aliphatic rings. The van der Waals surface area contributed by atoms with Crippen molar-refractivity contribution in [1.82, 2.24) is 15.2 Å². The molecule has 28 heavy (non-hydrogen) atoms. The van der Waals surface area contributed by atoms with Crippen molar-refractivity contribution in [1.29, 1.82) is 5.41 Å². The van der Waals surface area contributed by atoms with E-state index in [1.165, 1.54) is 32.7 Å². The molecule has 0 saturated heterocycles. The standard InChI is InChI=1S/C22H19N5S/c1-12-7-13(5-6-25-12)19-9-16-20(28-19)10-17-21(26-27-22(16)17)14-3-4-15(11-23)18(8-14)24-2/h3-9,11,23-24H,10H2,1-2H3,(H,26,27). The minimum Gasteiger partial charge on any atom is -0.388 e. The Morgan fingerprint density at radius 1 is 1.18 bits per heavy atom. The number of fused-ring (bicyclic) bond motifs is 3. The van der Waals surface area contributed by atoms with Gasteiger partial charge in [0.25, 0.3) is 0 Å². The second-order valence-electron chi connectivity index (χ2n) is 6.93. The van der Waals surface area contributed by atoms with Crippen LogP contribution in [0, 0.1) is 12.3 Å². The first-order chi connectivity index (χ1) is 13.7. The van der Waals surface area contributed by atoms with E-state index in [0.717, 1.165) is 40.3 Å². The summed E-state index contributed by atoms with van der Waals surface area (Å²) in [6, 6.07) is 12.5. The summed E-state index contributed by atoms with van der Waals surface area (Å²) >= 11 is 1.84. The Kier molecular flexibility index (Phi) is 3.87. The average molecular weight is 385 g/mol. The van der Waals surface area contributed by atoms with Gasteiger partial charge in [-0.05, 0) is 36.8 Å². The van der Waals surface area contributed by atoms with E-state index in [0.29, 0.717) is 0 Å². The molecule has 0 saturated carbocycles. The van der Waals surface area contributed by atoms with Crippen LogP contribution in [0.5, 0.6) is 0 Å². The summed E-state index contributed by atoms with van der Waals surface area (Å²) in [5.74, 6) is 0. The van der Waals surface area contributed by atoms with Crippen molar-refractivity contribution in [3.05, 3.63) is 64.3 Å². The summed E-state index contributed by atoms with van der Waals surface area (Å²) in [6.45, 7) is 2.02. The van der Waals surface area contributed by atoms with E-state index in [2.05, 4.69) is 44.8 Å². The molecule has 0 atom stereocenters. The largest absolute Gasteiger partial charge is 0.388 e. The first-order valence-corrected chi connectivity index (χ1v) is 9.95. The molecule has 1 aromatic carbocycles. The Hall–Kier alpha value is -3.25. The molecule has 5 rings (SSSR count). The number of aromatic amines is 1. The fraction of sp³-hybridized carbons (Fsp3) is 0.136. The van der Waals surface area contributed by atoms with Crippen LogP contribution in [0.3, 0.4) is 0 Å². The van der Waals surface area contributed by atoms with Gasteiger partial charge in [-0.2, -0.15) is 5.10 Å². The highest BCUT2D eigenvalue weighted by Crippen LogP contribution is 2.46. The fourth-order valence-electron chi connectivity index (χ4n) is 3.82. The molecule has 0 unspecified atom stereocenters. The molecule has 0 radical (unpaired) electrons. The van der Waals surface area contributed by atoms with Crippen molar-refractivity contribution in [2.24, 2.45) is 0 Å². The van der Waals surface area contributed by atoms with E-state index in [9.17, 15) is 0 Å². The molecule has 0 fully saturated rings. The number of aryl methyl sites for hydroxylation is 1. The van der Waals surface area contributed by atoms with Crippen molar-refractivity contribution >= 4 is 23.2 Å². The van der Waals surface area contributed by atoms with Crippen molar-refractivity contribution in [2.75, 3.05) is 12.4 Å². The van der Waals surface area contributed by atoms with Gasteiger partial charge in [0, 0.05) is 69.3 Å². The maximum Gasteiger partial charge on any atom is 0.0963 e. The zero-order valence-corrected chi connectivity index (χ0v) is 16.4. The molecule has 3 heterocycles. The van der Waals surface area contributed by atoms with Crippen LogP contribution in [0.1, 0.15) is 21.7 Å². The van der Waals surface area contributed by atoms with Crippen LogP contribution in [-0.4, -0.2) is 28.4 Å². The smallest absolute Gasteiger partial charge is 0.0963 e. The van der Waals surface area contributed by atoms with Gasteiger partial charge in [-0.15, -0.1) is 11.3 Å². The zero-order valence-electron chi connectivity index (χ0n) is 15.6. The van der Waals surface area contributed by atoms with Gasteiger partial charge in [0.1, 0.15) is 0 Å². The average Bonchev–Trinajstić information content (AvgIpc) is 3.38. The molecule has 6 heteroatoms. The van der Waals surface area contributed by atoms with Gasteiger partial charge in [0.2, 0.25) is 0 Å². The molecule has 138 valence electrons. The van der Waals surface area contributed by atoms with Crippen molar-refractivity contribution < 1.29 is 0 Å². The van der Waals surface area contributed by atoms with Gasteiger partial charge in [-0.3, -0.25) is 10.1 Å². The van der Waals surface area contributed by atoms with Crippen LogP contribution in [-0.2, 0) is 6.42 Å². The maximum atomic E-state index is 7.54. The quantitative estimate of drug-likeness (QED) is 0.376. The molecule has 3 aromatic heterocycles. The topological polar surface area (TPSA) is 77.5 Å². The Labute approximate surface area is 167 Å². The number of hydrogen-bond donors (Lipinski definition) is 3. The lowest BCUT2D eigenvalue weighted by atomic mass is 10.0. The Bertz CT molecular complexity index is 1220. The fourth-order valence-corrected chi connectivity index (χ4v) is 4.99. The molecule has 5 nitrogen and oxygen atoms in total. The summed E-state index contributed by atoms with van der Waals surface area (Å²) < 4.78 is 0. The first kappa shape index (κ1) is 16.9. The molecule has 3 N–H and O–H groups in total. The van der Waals surface area contributed by atoms with Crippen LogP contribution >= 0.6 is 11.3 Å². The summed E-state index contributed by atoms with van der Waals surface area (Å²) in [4.78, 5) is 6.94. The predicted octanol–water partition coefficient (Wildman–Crippen LogP) is 5.12. The van der Waals surface area contributed by atoms with Gasteiger partial charge < -0.3 is 10.7 Å². The normalized spacial score (nSPS) is 11.9. The number of hydrogen-bond acceptors (Lipinski definition) is 5. The number of nitrogens with one attached hydrogen (secondary N) is 3. The third-order valence-electron chi connectivity index (χ3n) is 5.22. The van der Waals surface area contributed by atoms with Crippen LogP contribution in [0.4, 0.5) is 5.69 Å². The van der Waals surface area contributed by atoms with E-state index in [1.54, 1.807) is 0 Å². The monoisotopic (exact) mass is 385 g/mol. The Morgan fingerprint density at radius 2 is 2.07 bits per heavy atom. The van der Waals surface area contributed by atoms with Crippen molar-refractivity contribution in [2.45, 2.75) is 13.3 Å². The summed E-state index contributed by atoms with van der Waals surface area (Å²) in [6.07, 6.45) is 4.13. The first-order valence-electron chi connectivity index (χ1n) is 9.14. The minimum atomic E-state index is 0.870. The number of thiophene rings is 1. The molecule has 0 aliphatic heterocycles. The highest BCUT2D eigenvalue weighted by molar-refractivity contribution is 7.16. The second kappa shape index (κ2) is 6.42. The lowest BCUT2D eigenvalue weighted by molar-refractivity contribution is 1.10. The lowest BCUT2D eigenvalue weighted by Gasteiger charge is -2.07. The van der Waals surface area contributed by atoms with Crippen molar-refractivity contribution in [3.8, 4) is 33.0 Å². The third-order valence-corrected chi connectivity index (χ3v) is 6.40. The molecular formula is C22H19N5S. The molecule has 0 spiro atoms. The van der Waals surface area contributed by atoms with Gasteiger partial charge in [-0.25, -0.2) is 0 Å². The molecule has 1 aliphatic carbocycles. The van der Waals surface area contributed by atoms with Crippen LogP contribution in [0.25, 0.3) is 33.0 Å². The van der Waals surface area contributed by atoms with E-state index in [-0.39, 0.29) is 0 Å². The highest BCUT2D eigenvalue weighted by Gasteiger charge is 2.28. The third kappa shape index (κ3) is 2.57. The number of anilines is 1. The van der Waals surface area contributed by atoms with Crippen LogP contribution in [0.2, 0.25) is 0 Å². The van der Waals surface area contributed by atoms with Crippen LogP contribution < -0.4 is 5.32 Å². The van der Waals surface area contributed by atoms with Gasteiger partial charge >= 0.3 is 0 Å². The predicted molar refractivity (Wildman–Crippen MR) is 116 cm³/mol. The number of rotatable bonds is 4. The SMILES string of the molecule is CNc1cc(-c2n[nH]c3c2Cc2sc(-c4ccnc(C)c4)cc2-3)ccc1C=N. The summed E-state index contributed by atoms with van der Waals surface area (Å²) in [7, 11) is 1.88. The van der Waals surface area contributed by atoms with E-state index < -0.39 is 0 Å². The molecule has 0 bridgehead atoms. The van der Waals surface area contributed by atoms with E-state index in [1.807, 2.05) is 43.6 Å². The molecule has 0 amide bonds. The van der Waals surface area contributed by atoms with Gasteiger partial charge in [-0.1, -0.05) is 12.1 Å². The number of H-pyrrole nitrogens is 1. The number of pyridine rings is 1. The summed E-state index contributed by atoms with van der Waals surface area (Å²) in [5.41, 5.74) is 9.75. The minimum absolute atomic E-state index is 0.870. The Morgan fingerprint density at radius 3 is 2.86 bits per heavy atom. The number of nitrogens with zero attached hydrogens (tertiary/aromatic N) is 2. The van der Waals surface area contributed by atoms with E-state index in [4.69, 9.17) is 5.41 Å². The van der Waals surface area contributed by atoms with Crippen LogP contribution in [0.15, 0.2) is 42.6 Å². The highest BCUT2D eigenvalue weighted by atomic mass is 32.1. The summed E-state index contributed by atoms with van der Waals surface area (Å²) in [5, 5.41) is 18.6. The molecule has 4 aromatic rings. The molecular weight excluding hydrogens is 366 g/mol. The van der Waals surface area contributed by atoms with Crippen molar-refractivity contribution in [3.63, 3.8) is 0 Å². The van der Waals surface area contributed by atoms with Gasteiger partial charge in [0.05, 0.1) is 11.4 Å².